The van der Waals surface area contributed by atoms with Crippen LogP contribution in [0.3, 0.4) is 0 Å². The summed E-state index contributed by atoms with van der Waals surface area (Å²) in [7, 11) is 0. The van der Waals surface area contributed by atoms with E-state index in [0.29, 0.717) is 0 Å². The van der Waals surface area contributed by atoms with Crippen molar-refractivity contribution in [1.29, 1.82) is 0 Å². The predicted molar refractivity (Wildman–Crippen MR) is 71.9 cm³/mol. The van der Waals surface area contributed by atoms with Crippen LogP contribution in [0.15, 0.2) is 12.2 Å². The molecule has 1 atom stereocenters. The highest BCUT2D eigenvalue weighted by Crippen LogP contribution is 2.43. The van der Waals surface area contributed by atoms with E-state index in [1.165, 1.54) is 27.7 Å². The van der Waals surface area contributed by atoms with Gasteiger partial charge in [0.25, 0.3) is 0 Å². The van der Waals surface area contributed by atoms with Gasteiger partial charge in [0, 0.05) is 6.42 Å². The second-order valence-corrected chi connectivity index (χ2v) is 5.57. The average Bonchev–Trinajstić information content (AvgIpc) is 2.71. The van der Waals surface area contributed by atoms with Gasteiger partial charge in [0.1, 0.15) is 17.0 Å². The number of carbonyl (C=O) groups excluding carboxylic acids is 4. The van der Waals surface area contributed by atoms with E-state index >= 15 is 0 Å². The lowest BCUT2D eigenvalue weighted by molar-refractivity contribution is -0.149. The van der Waals surface area contributed by atoms with Gasteiger partial charge >= 0.3 is 5.97 Å². The van der Waals surface area contributed by atoms with Crippen molar-refractivity contribution in [2.75, 3.05) is 6.61 Å². The third-order valence-electron chi connectivity index (χ3n) is 4.38. The van der Waals surface area contributed by atoms with E-state index in [0.717, 1.165) is 0 Å². The average molecular weight is 280 g/mol. The minimum Gasteiger partial charge on any atom is -0.465 e. The van der Waals surface area contributed by atoms with E-state index in [2.05, 4.69) is 6.58 Å². The highest BCUT2D eigenvalue weighted by atomic mass is 16.5. The summed E-state index contributed by atoms with van der Waals surface area (Å²) in [6.45, 7) is 9.41. The smallest absolute Gasteiger partial charge is 0.323 e. The number of cyclic esters (lactones) is 1. The monoisotopic (exact) mass is 280 g/mol. The van der Waals surface area contributed by atoms with Crippen LogP contribution >= 0.6 is 0 Å². The molecule has 0 amide bonds. The summed E-state index contributed by atoms with van der Waals surface area (Å²) in [6, 6.07) is 0. The first kappa shape index (κ1) is 16.3. The van der Waals surface area contributed by atoms with Crippen molar-refractivity contribution in [3.05, 3.63) is 12.2 Å². The standard InChI is InChI=1S/C15H20O5/c1-9(8-14(5,10(2)16)11(3)17)15(12(4)18)6-7-20-13(15)19/h1,6-8H2,2-5H3. The van der Waals surface area contributed by atoms with Gasteiger partial charge in [0.05, 0.1) is 12.0 Å². The maximum absolute atomic E-state index is 11.9. The van der Waals surface area contributed by atoms with Crippen molar-refractivity contribution in [3.63, 3.8) is 0 Å². The second-order valence-electron chi connectivity index (χ2n) is 5.57. The summed E-state index contributed by atoms with van der Waals surface area (Å²) in [5.41, 5.74) is -2.39. The van der Waals surface area contributed by atoms with Crippen LogP contribution in [0.2, 0.25) is 0 Å². The molecule has 0 aliphatic carbocycles. The number of hydrogen-bond acceptors (Lipinski definition) is 5. The molecule has 0 aromatic rings. The van der Waals surface area contributed by atoms with Crippen LogP contribution in [0.5, 0.6) is 0 Å². The number of hydrogen-bond donors (Lipinski definition) is 0. The molecule has 110 valence electrons. The lowest BCUT2D eigenvalue weighted by Crippen LogP contribution is -2.41. The Morgan fingerprint density at radius 2 is 1.75 bits per heavy atom. The molecule has 1 aliphatic rings. The number of carbonyl (C=O) groups is 4. The van der Waals surface area contributed by atoms with Gasteiger partial charge < -0.3 is 4.74 Å². The summed E-state index contributed by atoms with van der Waals surface area (Å²) in [6.07, 6.45) is 0.193. The van der Waals surface area contributed by atoms with Crippen molar-refractivity contribution in [1.82, 2.24) is 0 Å². The largest absolute Gasteiger partial charge is 0.465 e. The molecule has 0 aromatic carbocycles. The van der Waals surface area contributed by atoms with Gasteiger partial charge in [-0.3, -0.25) is 19.2 Å². The number of rotatable bonds is 6. The van der Waals surface area contributed by atoms with Crippen LogP contribution in [0.25, 0.3) is 0 Å². The minimum absolute atomic E-state index is 0.0215. The molecular weight excluding hydrogens is 260 g/mol. The van der Waals surface area contributed by atoms with E-state index < -0.39 is 16.8 Å². The summed E-state index contributed by atoms with van der Waals surface area (Å²) >= 11 is 0. The molecule has 5 nitrogen and oxygen atoms in total. The Hall–Kier alpha value is -1.78. The molecule has 0 aromatic heterocycles. The van der Waals surface area contributed by atoms with E-state index in [4.69, 9.17) is 4.74 Å². The summed E-state index contributed by atoms with van der Waals surface area (Å²) in [5.74, 6) is -1.61. The summed E-state index contributed by atoms with van der Waals surface area (Å²) < 4.78 is 4.90. The van der Waals surface area contributed by atoms with E-state index in [-0.39, 0.29) is 42.4 Å². The molecular formula is C15H20O5. The molecule has 0 N–H and O–H groups in total. The predicted octanol–water partition coefficient (Wildman–Crippen LogP) is 1.64. The number of esters is 1. The fraction of sp³-hybridized carbons (Fsp3) is 0.600. The minimum atomic E-state index is -1.41. The summed E-state index contributed by atoms with van der Waals surface area (Å²) in [5, 5.41) is 0. The van der Waals surface area contributed by atoms with Crippen LogP contribution in [0.4, 0.5) is 0 Å². The second kappa shape index (κ2) is 5.31. The molecule has 1 unspecified atom stereocenters. The SMILES string of the molecule is C=C(CC(C)(C(C)=O)C(C)=O)C1(C(C)=O)CCOC1=O. The molecule has 20 heavy (non-hydrogen) atoms. The van der Waals surface area contributed by atoms with Gasteiger partial charge in [-0.05, 0) is 34.1 Å². The Balaban J connectivity index is 3.17. The molecule has 1 saturated heterocycles. The van der Waals surface area contributed by atoms with Crippen molar-refractivity contribution >= 4 is 23.3 Å². The van der Waals surface area contributed by atoms with Crippen molar-refractivity contribution in [3.8, 4) is 0 Å². The molecule has 1 fully saturated rings. The van der Waals surface area contributed by atoms with Gasteiger partial charge in [0.2, 0.25) is 0 Å². The van der Waals surface area contributed by atoms with Gasteiger partial charge in [-0.2, -0.15) is 0 Å². The molecule has 0 saturated carbocycles. The fourth-order valence-electron chi connectivity index (χ4n) is 2.49. The Labute approximate surface area is 118 Å². The van der Waals surface area contributed by atoms with Crippen LogP contribution in [0.1, 0.15) is 40.5 Å². The van der Waals surface area contributed by atoms with Gasteiger partial charge in [0.15, 0.2) is 5.78 Å². The molecule has 0 bridgehead atoms. The zero-order valence-corrected chi connectivity index (χ0v) is 12.4. The van der Waals surface area contributed by atoms with Crippen LogP contribution in [-0.2, 0) is 23.9 Å². The van der Waals surface area contributed by atoms with E-state index in [1.54, 1.807) is 0 Å². The molecule has 0 radical (unpaired) electrons. The first-order valence-electron chi connectivity index (χ1n) is 6.47. The maximum Gasteiger partial charge on any atom is 0.323 e. The Morgan fingerprint density at radius 1 is 1.25 bits per heavy atom. The van der Waals surface area contributed by atoms with E-state index in [9.17, 15) is 19.2 Å². The lowest BCUT2D eigenvalue weighted by Gasteiger charge is -2.31. The van der Waals surface area contributed by atoms with Gasteiger partial charge in [-0.1, -0.05) is 12.2 Å². The molecule has 5 heteroatoms. The first-order valence-corrected chi connectivity index (χ1v) is 6.47. The zero-order chi connectivity index (χ0) is 15.7. The Bertz CT molecular complexity index is 488. The van der Waals surface area contributed by atoms with Crippen LogP contribution < -0.4 is 0 Å². The number of ether oxygens (including phenoxy) is 1. The maximum atomic E-state index is 11.9. The number of Topliss-reactive ketones (excluding diaryl/α,β-unsaturated/α-hetero) is 3. The number of ketones is 3. The zero-order valence-electron chi connectivity index (χ0n) is 12.4. The third kappa shape index (κ3) is 2.32. The third-order valence-corrected chi connectivity index (χ3v) is 4.38. The highest BCUT2D eigenvalue weighted by molar-refractivity contribution is 6.08. The normalized spacial score (nSPS) is 22.3. The van der Waals surface area contributed by atoms with Crippen molar-refractivity contribution < 1.29 is 23.9 Å². The molecule has 0 spiro atoms. The topological polar surface area (TPSA) is 77.5 Å². The first-order chi connectivity index (χ1) is 9.09. The summed E-state index contributed by atoms with van der Waals surface area (Å²) in [4.78, 5) is 47.3. The highest BCUT2D eigenvalue weighted by Gasteiger charge is 2.53. The molecule has 1 aliphatic heterocycles. The fourth-order valence-corrected chi connectivity index (χ4v) is 2.49. The van der Waals surface area contributed by atoms with Crippen molar-refractivity contribution in [2.24, 2.45) is 10.8 Å². The van der Waals surface area contributed by atoms with E-state index in [1.807, 2.05) is 0 Å². The van der Waals surface area contributed by atoms with Gasteiger partial charge in [-0.15, -0.1) is 0 Å². The van der Waals surface area contributed by atoms with Crippen LogP contribution in [-0.4, -0.2) is 29.9 Å². The van der Waals surface area contributed by atoms with Crippen LogP contribution in [0, 0.1) is 10.8 Å². The van der Waals surface area contributed by atoms with Gasteiger partial charge in [-0.25, -0.2) is 0 Å². The Morgan fingerprint density at radius 3 is 2.05 bits per heavy atom. The molecule has 1 heterocycles. The molecule has 1 rings (SSSR count). The van der Waals surface area contributed by atoms with Crippen molar-refractivity contribution in [2.45, 2.75) is 40.5 Å². The lowest BCUT2D eigenvalue weighted by atomic mass is 9.67. The quantitative estimate of drug-likeness (QED) is 0.420. The Kier molecular flexibility index (Phi) is 4.32.